The van der Waals surface area contributed by atoms with E-state index in [1.807, 2.05) is 42.5 Å². The summed E-state index contributed by atoms with van der Waals surface area (Å²) in [5, 5.41) is 0.800. The third-order valence-electron chi connectivity index (χ3n) is 5.38. The Balaban J connectivity index is 1.65. The number of carbonyl (C=O) groups is 1. The summed E-state index contributed by atoms with van der Waals surface area (Å²) >= 11 is 6.10. The molecule has 2 aromatic carbocycles. The summed E-state index contributed by atoms with van der Waals surface area (Å²) in [6.45, 7) is 0.435. The number of benzene rings is 2. The fourth-order valence-electron chi connectivity index (χ4n) is 3.96. The average Bonchev–Trinajstić information content (AvgIpc) is 3.06. The van der Waals surface area contributed by atoms with Crippen LogP contribution in [0, 0.1) is 0 Å². The molecule has 2 aromatic heterocycles. The Labute approximate surface area is 177 Å². The summed E-state index contributed by atoms with van der Waals surface area (Å²) in [4.78, 5) is 32.8. The van der Waals surface area contributed by atoms with Crippen LogP contribution in [0.25, 0.3) is 11.0 Å². The predicted molar refractivity (Wildman–Crippen MR) is 115 cm³/mol. The second-order valence-corrected chi connectivity index (χ2v) is 7.64. The van der Waals surface area contributed by atoms with Crippen LogP contribution in [0.5, 0.6) is 0 Å². The van der Waals surface area contributed by atoms with Gasteiger partial charge >= 0.3 is 0 Å². The lowest BCUT2D eigenvalue weighted by molar-refractivity contribution is 0.0727. The molecule has 1 amide bonds. The number of aromatic nitrogens is 1. The molecule has 1 aliphatic heterocycles. The summed E-state index contributed by atoms with van der Waals surface area (Å²) in [6, 6.07) is 19.6. The minimum Gasteiger partial charge on any atom is -0.450 e. The molecule has 3 heterocycles. The average molecular weight is 417 g/mol. The number of hydrogen-bond donors (Lipinski definition) is 0. The molecule has 6 heteroatoms. The lowest BCUT2D eigenvalue weighted by atomic mass is 10.0. The second kappa shape index (κ2) is 7.43. The molecule has 0 saturated heterocycles. The largest absolute Gasteiger partial charge is 0.450 e. The van der Waals surface area contributed by atoms with Crippen molar-refractivity contribution in [2.75, 3.05) is 6.54 Å². The van der Waals surface area contributed by atoms with Crippen LogP contribution in [0.2, 0.25) is 5.02 Å². The number of nitrogens with zero attached hydrogens (tertiary/aromatic N) is 2. The zero-order valence-electron chi connectivity index (χ0n) is 15.9. The first-order valence-electron chi connectivity index (χ1n) is 9.65. The van der Waals surface area contributed by atoms with E-state index in [9.17, 15) is 9.59 Å². The van der Waals surface area contributed by atoms with E-state index in [1.54, 1.807) is 35.4 Å². The molecule has 0 bridgehead atoms. The smallest absolute Gasteiger partial charge is 0.290 e. The number of halogens is 1. The Hall–Kier alpha value is -3.44. The highest BCUT2D eigenvalue weighted by atomic mass is 35.5. The van der Waals surface area contributed by atoms with Crippen molar-refractivity contribution < 1.29 is 9.21 Å². The van der Waals surface area contributed by atoms with Crippen molar-refractivity contribution in [1.29, 1.82) is 0 Å². The van der Waals surface area contributed by atoms with Gasteiger partial charge in [0, 0.05) is 17.8 Å². The number of amides is 1. The van der Waals surface area contributed by atoms with Crippen LogP contribution in [-0.4, -0.2) is 22.3 Å². The Morgan fingerprint density at radius 3 is 2.57 bits per heavy atom. The molecular formula is C24H17ClN2O3. The normalized spacial score (nSPS) is 15.6. The molecule has 1 atom stereocenters. The standard InChI is InChI=1S/C24H17ClN2O3/c25-16-9-10-19-17(14-16)22(28)20-21(18-8-4-5-12-26-18)27(24(29)23(20)30-19)13-11-15-6-2-1-3-7-15/h1-10,12,14,21H,11,13H2. The molecular weight excluding hydrogens is 400 g/mol. The van der Waals surface area contributed by atoms with Gasteiger partial charge in [-0.2, -0.15) is 0 Å². The van der Waals surface area contributed by atoms with Crippen LogP contribution in [0.4, 0.5) is 0 Å². The van der Waals surface area contributed by atoms with Crippen molar-refractivity contribution in [3.8, 4) is 0 Å². The van der Waals surface area contributed by atoms with Gasteiger partial charge in [0.25, 0.3) is 5.91 Å². The topological polar surface area (TPSA) is 63.4 Å². The summed E-state index contributed by atoms with van der Waals surface area (Å²) < 4.78 is 5.91. The molecule has 4 aromatic rings. The maximum Gasteiger partial charge on any atom is 0.290 e. The first kappa shape index (κ1) is 18.6. The number of carbonyl (C=O) groups excluding carboxylic acids is 1. The van der Waals surface area contributed by atoms with Crippen molar-refractivity contribution >= 4 is 28.5 Å². The van der Waals surface area contributed by atoms with E-state index in [4.69, 9.17) is 16.0 Å². The van der Waals surface area contributed by atoms with Gasteiger partial charge in [-0.15, -0.1) is 0 Å². The van der Waals surface area contributed by atoms with Crippen molar-refractivity contribution in [3.05, 3.63) is 111 Å². The quantitative estimate of drug-likeness (QED) is 0.486. The predicted octanol–water partition coefficient (Wildman–Crippen LogP) is 4.63. The first-order chi connectivity index (χ1) is 14.6. The molecule has 30 heavy (non-hydrogen) atoms. The van der Waals surface area contributed by atoms with Gasteiger partial charge in [-0.05, 0) is 42.3 Å². The van der Waals surface area contributed by atoms with Gasteiger partial charge in [0.1, 0.15) is 11.6 Å². The van der Waals surface area contributed by atoms with Crippen LogP contribution in [-0.2, 0) is 6.42 Å². The van der Waals surface area contributed by atoms with Crippen molar-refractivity contribution in [1.82, 2.24) is 9.88 Å². The molecule has 0 aliphatic carbocycles. The van der Waals surface area contributed by atoms with E-state index in [-0.39, 0.29) is 17.1 Å². The number of fused-ring (bicyclic) bond motifs is 2. The van der Waals surface area contributed by atoms with Crippen LogP contribution in [0.1, 0.15) is 33.4 Å². The number of pyridine rings is 1. The van der Waals surface area contributed by atoms with Gasteiger partial charge in [0.2, 0.25) is 5.76 Å². The van der Waals surface area contributed by atoms with Crippen molar-refractivity contribution in [3.63, 3.8) is 0 Å². The first-order valence-corrected chi connectivity index (χ1v) is 10.0. The molecule has 1 aliphatic rings. The minimum absolute atomic E-state index is 0.0820. The summed E-state index contributed by atoms with van der Waals surface area (Å²) in [5.74, 6) is -0.218. The molecule has 0 N–H and O–H groups in total. The summed E-state index contributed by atoms with van der Waals surface area (Å²) in [5.41, 5.74) is 2.16. The molecule has 0 radical (unpaired) electrons. The lowest BCUT2D eigenvalue weighted by Gasteiger charge is -2.24. The van der Waals surface area contributed by atoms with Gasteiger partial charge in [-0.3, -0.25) is 14.6 Å². The molecule has 148 valence electrons. The van der Waals surface area contributed by atoms with E-state index in [2.05, 4.69) is 4.98 Å². The van der Waals surface area contributed by atoms with Gasteiger partial charge in [0.05, 0.1) is 16.6 Å². The van der Waals surface area contributed by atoms with Gasteiger partial charge in [-0.25, -0.2) is 0 Å². The maximum atomic E-state index is 13.4. The highest BCUT2D eigenvalue weighted by Crippen LogP contribution is 2.37. The fraction of sp³-hybridized carbons (Fsp3) is 0.125. The Kier molecular flexibility index (Phi) is 4.60. The lowest BCUT2D eigenvalue weighted by Crippen LogP contribution is -2.32. The number of rotatable bonds is 4. The van der Waals surface area contributed by atoms with Crippen LogP contribution < -0.4 is 5.43 Å². The van der Waals surface area contributed by atoms with E-state index < -0.39 is 6.04 Å². The molecule has 1 unspecified atom stereocenters. The van der Waals surface area contributed by atoms with Crippen molar-refractivity contribution in [2.24, 2.45) is 0 Å². The van der Waals surface area contributed by atoms with E-state index in [0.717, 1.165) is 5.56 Å². The maximum absolute atomic E-state index is 13.4. The van der Waals surface area contributed by atoms with E-state index in [1.165, 1.54) is 0 Å². The Bertz CT molecular complexity index is 1300. The molecule has 5 rings (SSSR count). The van der Waals surface area contributed by atoms with Gasteiger partial charge < -0.3 is 9.32 Å². The van der Waals surface area contributed by atoms with Gasteiger partial charge in [-0.1, -0.05) is 48.0 Å². The summed E-state index contributed by atoms with van der Waals surface area (Å²) in [6.07, 6.45) is 2.32. The van der Waals surface area contributed by atoms with Crippen LogP contribution >= 0.6 is 11.6 Å². The SMILES string of the molecule is O=C1c2oc3ccc(Cl)cc3c(=O)c2C(c2ccccn2)N1CCc1ccccc1. The Morgan fingerprint density at radius 2 is 1.80 bits per heavy atom. The molecule has 0 fully saturated rings. The van der Waals surface area contributed by atoms with Crippen LogP contribution in [0.15, 0.2) is 82.1 Å². The fourth-order valence-corrected chi connectivity index (χ4v) is 4.13. The third-order valence-corrected chi connectivity index (χ3v) is 5.61. The minimum atomic E-state index is -0.600. The third kappa shape index (κ3) is 3.08. The monoisotopic (exact) mass is 416 g/mol. The van der Waals surface area contributed by atoms with Crippen molar-refractivity contribution in [2.45, 2.75) is 12.5 Å². The zero-order valence-corrected chi connectivity index (χ0v) is 16.7. The summed E-state index contributed by atoms with van der Waals surface area (Å²) in [7, 11) is 0. The Morgan fingerprint density at radius 1 is 1.00 bits per heavy atom. The van der Waals surface area contributed by atoms with Gasteiger partial charge in [0.15, 0.2) is 5.43 Å². The second-order valence-electron chi connectivity index (χ2n) is 7.21. The molecule has 5 nitrogen and oxygen atoms in total. The highest BCUT2D eigenvalue weighted by Gasteiger charge is 2.43. The van der Waals surface area contributed by atoms with E-state index in [0.29, 0.717) is 40.2 Å². The molecule has 0 saturated carbocycles. The molecule has 0 spiro atoms. The highest BCUT2D eigenvalue weighted by molar-refractivity contribution is 6.31. The number of hydrogen-bond acceptors (Lipinski definition) is 4. The zero-order chi connectivity index (χ0) is 20.7. The van der Waals surface area contributed by atoms with Crippen LogP contribution in [0.3, 0.4) is 0 Å². The van der Waals surface area contributed by atoms with E-state index >= 15 is 0 Å².